The lowest BCUT2D eigenvalue weighted by Crippen LogP contribution is -2.60. The SMILES string of the molecule is CC(C)C[C@H]1OCCC23C[C@@H](C[C@H]12)C(C)(C)[C@@H]3NC(=O)CCO. The summed E-state index contributed by atoms with van der Waals surface area (Å²) < 4.78 is 6.17. The Morgan fingerprint density at radius 3 is 2.78 bits per heavy atom. The van der Waals surface area contributed by atoms with Gasteiger partial charge < -0.3 is 15.2 Å². The second-order valence-corrected chi connectivity index (χ2v) is 9.06. The van der Waals surface area contributed by atoms with Crippen molar-refractivity contribution in [3.63, 3.8) is 0 Å². The Labute approximate surface area is 140 Å². The number of fused-ring (bicyclic) bond motifs is 1. The first-order valence-corrected chi connectivity index (χ1v) is 9.33. The molecular formula is C19H33NO3. The smallest absolute Gasteiger partial charge is 0.222 e. The van der Waals surface area contributed by atoms with E-state index in [1.807, 2.05) is 0 Å². The van der Waals surface area contributed by atoms with Gasteiger partial charge in [0.05, 0.1) is 12.7 Å². The van der Waals surface area contributed by atoms with E-state index in [-0.39, 0.29) is 35.8 Å². The minimum Gasteiger partial charge on any atom is -0.396 e. The fourth-order valence-electron chi connectivity index (χ4n) is 5.94. The molecule has 132 valence electrons. The molecule has 4 nitrogen and oxygen atoms in total. The van der Waals surface area contributed by atoms with E-state index in [0.717, 1.165) is 19.4 Å². The van der Waals surface area contributed by atoms with Crippen LogP contribution in [0.3, 0.4) is 0 Å². The third-order valence-electron chi connectivity index (χ3n) is 6.97. The lowest BCUT2D eigenvalue weighted by molar-refractivity contribution is -0.139. The van der Waals surface area contributed by atoms with Gasteiger partial charge in [0.2, 0.25) is 5.91 Å². The minimum absolute atomic E-state index is 0.00171. The molecule has 3 aliphatic rings. The standard InChI is InChI=1S/C19H33NO3/c1-12(2)9-15-14-10-13-11-19(14,6-8-23-15)17(18(13,3)4)20-16(22)5-7-21/h12-15,17,21H,5-11H2,1-4H3,(H,20,22)/t13-,14-,15-,17+,19?/m1/s1. The highest BCUT2D eigenvalue weighted by molar-refractivity contribution is 5.76. The maximum absolute atomic E-state index is 12.2. The number of rotatable bonds is 5. The lowest BCUT2D eigenvalue weighted by Gasteiger charge is -2.53. The van der Waals surface area contributed by atoms with Crippen molar-refractivity contribution in [1.29, 1.82) is 0 Å². The normalized spacial score (nSPS) is 41.1. The van der Waals surface area contributed by atoms with Crippen LogP contribution in [0.15, 0.2) is 0 Å². The summed E-state index contributed by atoms with van der Waals surface area (Å²) >= 11 is 0. The van der Waals surface area contributed by atoms with E-state index in [4.69, 9.17) is 9.84 Å². The van der Waals surface area contributed by atoms with Crippen molar-refractivity contribution in [1.82, 2.24) is 5.32 Å². The van der Waals surface area contributed by atoms with Crippen LogP contribution in [0.1, 0.15) is 59.8 Å². The number of ether oxygens (including phenoxy) is 1. The van der Waals surface area contributed by atoms with E-state index < -0.39 is 0 Å². The van der Waals surface area contributed by atoms with E-state index in [2.05, 4.69) is 33.0 Å². The number of aliphatic hydroxyl groups is 1. The molecule has 5 atom stereocenters. The second-order valence-electron chi connectivity index (χ2n) is 9.06. The molecular weight excluding hydrogens is 290 g/mol. The molecule has 3 fully saturated rings. The van der Waals surface area contributed by atoms with Gasteiger partial charge in [-0.2, -0.15) is 0 Å². The third kappa shape index (κ3) is 2.72. The second kappa shape index (κ2) is 6.03. The number of amides is 1. The zero-order valence-corrected chi connectivity index (χ0v) is 15.1. The molecule has 0 aromatic rings. The molecule has 2 N–H and O–H groups in total. The first-order valence-electron chi connectivity index (χ1n) is 9.33. The van der Waals surface area contributed by atoms with Crippen LogP contribution in [-0.4, -0.2) is 36.4 Å². The monoisotopic (exact) mass is 323 g/mol. The van der Waals surface area contributed by atoms with Gasteiger partial charge in [-0.25, -0.2) is 0 Å². The van der Waals surface area contributed by atoms with Gasteiger partial charge in [0.15, 0.2) is 0 Å². The van der Waals surface area contributed by atoms with Crippen molar-refractivity contribution in [2.75, 3.05) is 13.2 Å². The number of hydrogen-bond donors (Lipinski definition) is 2. The van der Waals surface area contributed by atoms with Crippen LogP contribution < -0.4 is 5.32 Å². The Hall–Kier alpha value is -0.610. The molecule has 1 amide bonds. The van der Waals surface area contributed by atoms with Gasteiger partial charge in [-0.05, 0) is 54.3 Å². The molecule has 2 bridgehead atoms. The van der Waals surface area contributed by atoms with Crippen molar-refractivity contribution in [3.05, 3.63) is 0 Å². The fraction of sp³-hybridized carbons (Fsp3) is 0.947. The summed E-state index contributed by atoms with van der Waals surface area (Å²) in [6, 6.07) is 0.219. The van der Waals surface area contributed by atoms with E-state index in [0.29, 0.717) is 23.9 Å². The van der Waals surface area contributed by atoms with Gasteiger partial charge in [0, 0.05) is 19.1 Å². The van der Waals surface area contributed by atoms with Crippen LogP contribution in [0, 0.1) is 28.6 Å². The number of hydrogen-bond acceptors (Lipinski definition) is 3. The van der Waals surface area contributed by atoms with Crippen LogP contribution in [0.25, 0.3) is 0 Å². The topological polar surface area (TPSA) is 58.6 Å². The number of aliphatic hydroxyl groups excluding tert-OH is 1. The zero-order chi connectivity index (χ0) is 16.8. The van der Waals surface area contributed by atoms with E-state index >= 15 is 0 Å². The summed E-state index contributed by atoms with van der Waals surface area (Å²) in [4.78, 5) is 12.2. The van der Waals surface area contributed by atoms with Crippen LogP contribution >= 0.6 is 0 Å². The zero-order valence-electron chi connectivity index (χ0n) is 15.1. The van der Waals surface area contributed by atoms with Crippen molar-refractivity contribution >= 4 is 5.91 Å². The molecule has 1 unspecified atom stereocenters. The molecule has 0 aromatic heterocycles. The highest BCUT2D eigenvalue weighted by Gasteiger charge is 2.68. The highest BCUT2D eigenvalue weighted by atomic mass is 16.5. The van der Waals surface area contributed by atoms with Crippen LogP contribution in [0.5, 0.6) is 0 Å². The fourth-order valence-corrected chi connectivity index (χ4v) is 5.94. The Balaban J connectivity index is 1.85. The van der Waals surface area contributed by atoms with Crippen molar-refractivity contribution < 1.29 is 14.6 Å². The number of carbonyl (C=O) groups excluding carboxylic acids is 1. The van der Waals surface area contributed by atoms with Gasteiger partial charge in [-0.3, -0.25) is 4.79 Å². The van der Waals surface area contributed by atoms with Gasteiger partial charge in [-0.15, -0.1) is 0 Å². The predicted octanol–water partition coefficient (Wildman–Crippen LogP) is 2.74. The molecule has 2 saturated carbocycles. The highest BCUT2D eigenvalue weighted by Crippen LogP contribution is 2.68. The predicted molar refractivity (Wildman–Crippen MR) is 89.9 cm³/mol. The van der Waals surface area contributed by atoms with Gasteiger partial charge in [-0.1, -0.05) is 27.7 Å². The quantitative estimate of drug-likeness (QED) is 0.818. The van der Waals surface area contributed by atoms with Crippen LogP contribution in [0.2, 0.25) is 0 Å². The Morgan fingerprint density at radius 1 is 1.39 bits per heavy atom. The number of nitrogens with one attached hydrogen (secondary N) is 1. The Bertz CT molecular complexity index is 462. The molecule has 4 heteroatoms. The van der Waals surface area contributed by atoms with Gasteiger partial charge >= 0.3 is 0 Å². The molecule has 3 rings (SSSR count). The molecule has 1 saturated heterocycles. The lowest BCUT2D eigenvalue weighted by atomic mass is 9.59. The largest absolute Gasteiger partial charge is 0.396 e. The number of carbonyl (C=O) groups is 1. The average Bonchev–Trinajstić information content (AvgIpc) is 2.93. The maximum Gasteiger partial charge on any atom is 0.222 e. The molecule has 1 spiro atoms. The molecule has 0 aromatic carbocycles. The van der Waals surface area contributed by atoms with Crippen LogP contribution in [-0.2, 0) is 9.53 Å². The summed E-state index contributed by atoms with van der Waals surface area (Å²) in [5, 5.41) is 12.4. The third-order valence-corrected chi connectivity index (χ3v) is 6.97. The minimum atomic E-state index is -0.0715. The first kappa shape index (κ1) is 17.2. The molecule has 2 aliphatic carbocycles. The van der Waals surface area contributed by atoms with Gasteiger partial charge in [0.25, 0.3) is 0 Å². The summed E-state index contributed by atoms with van der Waals surface area (Å²) in [6.45, 7) is 9.92. The van der Waals surface area contributed by atoms with Crippen molar-refractivity contribution in [2.24, 2.45) is 28.6 Å². The Kier molecular flexibility index (Phi) is 4.52. The van der Waals surface area contributed by atoms with Crippen molar-refractivity contribution in [2.45, 2.75) is 71.9 Å². The summed E-state index contributed by atoms with van der Waals surface area (Å²) in [5.41, 5.74) is 0.346. The van der Waals surface area contributed by atoms with Crippen molar-refractivity contribution in [3.8, 4) is 0 Å². The van der Waals surface area contributed by atoms with E-state index in [1.54, 1.807) is 0 Å². The summed E-state index contributed by atoms with van der Waals surface area (Å²) in [6.07, 6.45) is 5.22. The van der Waals surface area contributed by atoms with E-state index in [9.17, 15) is 4.79 Å². The molecule has 23 heavy (non-hydrogen) atoms. The summed E-state index contributed by atoms with van der Waals surface area (Å²) in [5.74, 6) is 1.89. The molecule has 1 heterocycles. The molecule has 1 aliphatic heterocycles. The average molecular weight is 323 g/mol. The van der Waals surface area contributed by atoms with Crippen LogP contribution in [0.4, 0.5) is 0 Å². The Morgan fingerprint density at radius 2 is 2.13 bits per heavy atom. The van der Waals surface area contributed by atoms with Gasteiger partial charge in [0.1, 0.15) is 0 Å². The maximum atomic E-state index is 12.2. The molecule has 0 radical (unpaired) electrons. The van der Waals surface area contributed by atoms with E-state index in [1.165, 1.54) is 12.8 Å². The first-order chi connectivity index (χ1) is 10.8. The summed E-state index contributed by atoms with van der Waals surface area (Å²) in [7, 11) is 0.